The number of amides is 2. The van der Waals surface area contributed by atoms with E-state index in [2.05, 4.69) is 68.9 Å². The Morgan fingerprint density at radius 3 is 2.41 bits per heavy atom. The lowest BCUT2D eigenvalue weighted by molar-refractivity contribution is -0.140. The Balaban J connectivity index is 0.00000245. The average molecular weight is 547 g/mol. The lowest BCUT2D eigenvalue weighted by Gasteiger charge is -2.18. The molecule has 4 atom stereocenters. The molecule has 2 aliphatic carbocycles. The number of hydrogen-bond donors (Lipinski definition) is 2. The first-order valence-electron chi connectivity index (χ1n) is 11.2. The fourth-order valence-electron chi connectivity index (χ4n) is 5.48. The molecule has 4 unspecified atom stereocenters. The van der Waals surface area contributed by atoms with Crippen molar-refractivity contribution in [3.05, 3.63) is 48.7 Å². The van der Waals surface area contributed by atoms with Crippen LogP contribution in [0.15, 0.2) is 53.7 Å². The van der Waals surface area contributed by atoms with Crippen LogP contribution >= 0.6 is 24.0 Å². The Morgan fingerprint density at radius 2 is 1.69 bits per heavy atom. The number of aryl methyl sites for hydroxylation is 1. The van der Waals surface area contributed by atoms with E-state index in [4.69, 9.17) is 0 Å². The number of nitrogens with one attached hydrogen (secondary N) is 2. The fourth-order valence-corrected chi connectivity index (χ4v) is 5.48. The first kappa shape index (κ1) is 22.8. The first-order valence-corrected chi connectivity index (χ1v) is 11.2. The van der Waals surface area contributed by atoms with Gasteiger partial charge in [-0.05, 0) is 42.2 Å². The van der Waals surface area contributed by atoms with E-state index in [-0.39, 0.29) is 59.5 Å². The molecule has 7 nitrogen and oxygen atoms in total. The number of carbonyl (C=O) groups is 2. The van der Waals surface area contributed by atoms with Gasteiger partial charge in [0.25, 0.3) is 0 Å². The molecule has 5 rings (SSSR count). The third-order valence-corrected chi connectivity index (χ3v) is 6.96. The molecule has 0 radical (unpaired) electrons. The maximum absolute atomic E-state index is 12.7. The molecule has 1 aromatic heterocycles. The zero-order valence-corrected chi connectivity index (χ0v) is 20.6. The van der Waals surface area contributed by atoms with Gasteiger partial charge < -0.3 is 15.2 Å². The van der Waals surface area contributed by atoms with Crippen LogP contribution in [0.1, 0.15) is 12.8 Å². The quantitative estimate of drug-likeness (QED) is 0.140. The van der Waals surface area contributed by atoms with Crippen LogP contribution in [0.3, 0.4) is 0 Å². The van der Waals surface area contributed by atoms with Crippen LogP contribution in [-0.2, 0) is 16.1 Å². The Bertz CT molecular complexity index is 1030. The summed E-state index contributed by atoms with van der Waals surface area (Å²) in [6, 6.07) is 10.5. The van der Waals surface area contributed by atoms with Gasteiger partial charge in [-0.2, -0.15) is 0 Å². The zero-order valence-electron chi connectivity index (χ0n) is 18.2. The molecular weight excluding hydrogens is 517 g/mol. The molecule has 8 heteroatoms. The molecule has 32 heavy (non-hydrogen) atoms. The molecule has 1 saturated carbocycles. The predicted octanol–water partition coefficient (Wildman–Crippen LogP) is 2.62. The summed E-state index contributed by atoms with van der Waals surface area (Å²) in [7, 11) is 1.73. The van der Waals surface area contributed by atoms with Gasteiger partial charge in [-0.3, -0.25) is 19.5 Å². The number of aromatic nitrogens is 1. The number of allylic oxidation sites excluding steroid dienone is 2. The molecule has 2 fully saturated rings. The summed E-state index contributed by atoms with van der Waals surface area (Å²) in [6.45, 7) is 2.60. The molecule has 2 aromatic rings. The minimum atomic E-state index is -0.121. The molecular formula is C24H30IN5O2. The van der Waals surface area contributed by atoms with E-state index in [0.29, 0.717) is 19.0 Å². The number of para-hydroxylation sites is 1. The van der Waals surface area contributed by atoms with Crippen LogP contribution in [-0.4, -0.2) is 53.9 Å². The van der Waals surface area contributed by atoms with Crippen molar-refractivity contribution in [2.24, 2.45) is 28.7 Å². The van der Waals surface area contributed by atoms with Gasteiger partial charge in [0.1, 0.15) is 0 Å². The fraction of sp³-hybridized carbons (Fsp3) is 0.458. The van der Waals surface area contributed by atoms with Gasteiger partial charge in [0.15, 0.2) is 5.96 Å². The molecule has 2 N–H and O–H groups in total. The van der Waals surface area contributed by atoms with Crippen molar-refractivity contribution in [1.82, 2.24) is 20.1 Å². The van der Waals surface area contributed by atoms with Crippen LogP contribution in [0.5, 0.6) is 0 Å². The highest BCUT2D eigenvalue weighted by Gasteiger charge is 2.58. The van der Waals surface area contributed by atoms with Crippen molar-refractivity contribution in [1.29, 1.82) is 0 Å². The second-order valence-electron chi connectivity index (χ2n) is 8.68. The van der Waals surface area contributed by atoms with Crippen LogP contribution in [0.25, 0.3) is 10.9 Å². The van der Waals surface area contributed by atoms with Gasteiger partial charge in [0, 0.05) is 44.9 Å². The third-order valence-electron chi connectivity index (χ3n) is 6.96. The second-order valence-corrected chi connectivity index (χ2v) is 8.68. The normalized spacial score (nSPS) is 26.0. The highest BCUT2D eigenvalue weighted by atomic mass is 127. The molecule has 0 spiro atoms. The van der Waals surface area contributed by atoms with Gasteiger partial charge >= 0.3 is 0 Å². The molecule has 1 aromatic carbocycles. The van der Waals surface area contributed by atoms with Gasteiger partial charge in [-0.25, -0.2) is 0 Å². The number of benzene rings is 1. The van der Waals surface area contributed by atoms with Crippen LogP contribution < -0.4 is 10.6 Å². The summed E-state index contributed by atoms with van der Waals surface area (Å²) in [6.07, 6.45) is 8.30. The maximum Gasteiger partial charge on any atom is 0.233 e. The zero-order chi connectivity index (χ0) is 21.4. The van der Waals surface area contributed by atoms with Crippen LogP contribution in [0, 0.1) is 23.7 Å². The van der Waals surface area contributed by atoms with Crippen molar-refractivity contribution >= 4 is 52.7 Å². The SMILES string of the molecule is CN=C(NCCCn1ccc2ccccc21)NCCN1C(=O)C2C3C=CC(C3)C2C1=O.I. The van der Waals surface area contributed by atoms with Gasteiger partial charge in [-0.15, -0.1) is 24.0 Å². The minimum Gasteiger partial charge on any atom is -0.356 e. The first-order chi connectivity index (χ1) is 15.2. The van der Waals surface area contributed by atoms with E-state index in [1.165, 1.54) is 15.8 Å². The number of fused-ring (bicyclic) bond motifs is 6. The summed E-state index contributed by atoms with van der Waals surface area (Å²) in [4.78, 5) is 31.2. The number of rotatable bonds is 7. The summed E-state index contributed by atoms with van der Waals surface area (Å²) in [5.41, 5.74) is 1.25. The second kappa shape index (κ2) is 9.64. The van der Waals surface area contributed by atoms with Gasteiger partial charge in [0.2, 0.25) is 11.8 Å². The number of aliphatic imine (C=N–C) groups is 1. The predicted molar refractivity (Wildman–Crippen MR) is 136 cm³/mol. The number of imide groups is 1. The number of hydrogen-bond acceptors (Lipinski definition) is 3. The van der Waals surface area contributed by atoms with Crippen molar-refractivity contribution < 1.29 is 9.59 Å². The van der Waals surface area contributed by atoms with Crippen molar-refractivity contribution in [2.45, 2.75) is 19.4 Å². The largest absolute Gasteiger partial charge is 0.356 e. The Hall–Kier alpha value is -2.36. The van der Waals surface area contributed by atoms with E-state index in [9.17, 15) is 9.59 Å². The Morgan fingerprint density at radius 1 is 1.00 bits per heavy atom. The molecule has 2 amide bonds. The summed E-state index contributed by atoms with van der Waals surface area (Å²) >= 11 is 0. The number of carbonyl (C=O) groups excluding carboxylic acids is 2. The average Bonchev–Trinajstić information content (AvgIpc) is 3.55. The summed E-state index contributed by atoms with van der Waals surface area (Å²) < 4.78 is 2.26. The molecule has 2 heterocycles. The molecule has 170 valence electrons. The van der Waals surface area contributed by atoms with E-state index in [1.807, 2.05) is 0 Å². The molecule has 2 bridgehead atoms. The standard InChI is InChI=1S/C24H29N5O2.HI/c1-25-24(26-10-4-12-28-13-9-16-5-2-3-6-19(16)28)27-11-14-29-22(30)20-17-7-8-18(15-17)21(20)23(29)31;/h2-3,5-9,13,17-18,20-21H,4,10-12,14-15H2,1H3,(H2,25,26,27);1H. The van der Waals surface area contributed by atoms with Gasteiger partial charge in [0.05, 0.1) is 11.8 Å². The highest BCUT2D eigenvalue weighted by Crippen LogP contribution is 2.52. The molecule has 1 saturated heterocycles. The van der Waals surface area contributed by atoms with Crippen molar-refractivity contribution in [2.75, 3.05) is 26.7 Å². The van der Waals surface area contributed by atoms with Crippen LogP contribution in [0.2, 0.25) is 0 Å². The monoisotopic (exact) mass is 547 g/mol. The highest BCUT2D eigenvalue weighted by molar-refractivity contribution is 14.0. The molecule has 3 aliphatic rings. The van der Waals surface area contributed by atoms with E-state index >= 15 is 0 Å². The lowest BCUT2D eigenvalue weighted by Crippen LogP contribution is -2.44. The Kier molecular flexibility index (Phi) is 6.88. The summed E-state index contributed by atoms with van der Waals surface area (Å²) in [5, 5.41) is 7.81. The van der Waals surface area contributed by atoms with E-state index in [0.717, 1.165) is 25.9 Å². The van der Waals surface area contributed by atoms with E-state index in [1.54, 1.807) is 7.05 Å². The van der Waals surface area contributed by atoms with Crippen molar-refractivity contribution in [3.8, 4) is 0 Å². The number of likely N-dealkylation sites (tertiary alicyclic amines) is 1. The number of nitrogens with zero attached hydrogens (tertiary/aromatic N) is 3. The topological polar surface area (TPSA) is 78.7 Å². The number of guanidine groups is 1. The van der Waals surface area contributed by atoms with Crippen LogP contribution in [0.4, 0.5) is 0 Å². The van der Waals surface area contributed by atoms with Crippen molar-refractivity contribution in [3.63, 3.8) is 0 Å². The van der Waals surface area contributed by atoms with E-state index < -0.39 is 0 Å². The van der Waals surface area contributed by atoms with Gasteiger partial charge in [-0.1, -0.05) is 30.4 Å². The smallest absolute Gasteiger partial charge is 0.233 e. The summed E-state index contributed by atoms with van der Waals surface area (Å²) in [5.74, 6) is 0.992. The Labute approximate surface area is 205 Å². The lowest BCUT2D eigenvalue weighted by atomic mass is 9.85. The third kappa shape index (κ3) is 4.04. The maximum atomic E-state index is 12.7. The minimum absolute atomic E-state index is 0. The number of halogens is 1. The molecule has 1 aliphatic heterocycles.